The Morgan fingerprint density at radius 1 is 0.344 bits per heavy atom. The van der Waals surface area contributed by atoms with Gasteiger partial charge in [-0.25, -0.2) is 0 Å². The second kappa shape index (κ2) is 14.5. The van der Waals surface area contributed by atoms with Crippen LogP contribution in [0.5, 0.6) is 0 Å². The van der Waals surface area contributed by atoms with Crippen molar-refractivity contribution in [2.45, 2.75) is 0 Å². The number of para-hydroxylation sites is 3. The van der Waals surface area contributed by atoms with Crippen molar-refractivity contribution in [2.75, 3.05) is 4.90 Å². The maximum atomic E-state index is 6.48. The zero-order chi connectivity index (χ0) is 40.3. The van der Waals surface area contributed by atoms with Crippen LogP contribution in [0.25, 0.3) is 97.4 Å². The molecule has 0 N–H and O–H groups in total. The third-order valence-electron chi connectivity index (χ3n) is 12.1. The monoisotopic (exact) mass is 795 g/mol. The minimum atomic E-state index is 0.903. The van der Waals surface area contributed by atoms with Gasteiger partial charge in [0.1, 0.15) is 11.2 Å². The van der Waals surface area contributed by atoms with Crippen LogP contribution in [0.4, 0.5) is 17.1 Å². The summed E-state index contributed by atoms with van der Waals surface area (Å²) in [5.74, 6) is 0. The lowest BCUT2D eigenvalue weighted by atomic mass is 9.93. The third-order valence-corrected chi connectivity index (χ3v) is 13.3. The molecule has 286 valence electrons. The predicted octanol–water partition coefficient (Wildman–Crippen LogP) is 17.2. The molecule has 12 rings (SSSR count). The van der Waals surface area contributed by atoms with Crippen molar-refractivity contribution in [2.24, 2.45) is 0 Å². The van der Waals surface area contributed by atoms with E-state index in [9.17, 15) is 0 Å². The van der Waals surface area contributed by atoms with Crippen LogP contribution in [0, 0.1) is 0 Å². The van der Waals surface area contributed by atoms with Crippen molar-refractivity contribution in [1.82, 2.24) is 0 Å². The minimum Gasteiger partial charge on any atom is -0.455 e. The molecule has 0 aliphatic rings. The van der Waals surface area contributed by atoms with Crippen LogP contribution >= 0.6 is 11.3 Å². The molecule has 2 nitrogen and oxygen atoms in total. The van der Waals surface area contributed by atoms with Gasteiger partial charge in [-0.15, -0.1) is 11.3 Å². The fraction of sp³-hybridized carbons (Fsp3) is 0. The first-order chi connectivity index (χ1) is 30.2. The molecule has 3 heteroatoms. The highest BCUT2D eigenvalue weighted by Crippen LogP contribution is 2.47. The lowest BCUT2D eigenvalue weighted by Crippen LogP contribution is -2.11. The van der Waals surface area contributed by atoms with E-state index in [-0.39, 0.29) is 0 Å². The van der Waals surface area contributed by atoms with Crippen LogP contribution in [0.15, 0.2) is 229 Å². The zero-order valence-electron chi connectivity index (χ0n) is 33.1. The average Bonchev–Trinajstić information content (AvgIpc) is 3.91. The van der Waals surface area contributed by atoms with Gasteiger partial charge < -0.3 is 9.32 Å². The summed E-state index contributed by atoms with van der Waals surface area (Å²) < 4.78 is 9.08. The summed E-state index contributed by atoms with van der Waals surface area (Å²) in [4.78, 5) is 2.43. The molecule has 0 saturated carbocycles. The minimum absolute atomic E-state index is 0.903. The normalized spacial score (nSPS) is 11.6. The SMILES string of the molecule is c1cc(-c2ccccc2-c2ccc3ccccc3c2)cc(N(c2ccc(-c3cccc4c3oc3ccccc34)cc2)c2ccccc2-c2cccc3c2sc2ccccc23)c1. The predicted molar refractivity (Wildman–Crippen MR) is 261 cm³/mol. The van der Waals surface area contributed by atoms with Gasteiger partial charge in [0.2, 0.25) is 0 Å². The molecular weight excluding hydrogens is 759 g/mol. The van der Waals surface area contributed by atoms with Crippen LogP contribution < -0.4 is 4.90 Å². The van der Waals surface area contributed by atoms with Crippen molar-refractivity contribution in [3.8, 4) is 44.5 Å². The first-order valence-electron chi connectivity index (χ1n) is 20.7. The summed E-state index contributed by atoms with van der Waals surface area (Å²) >= 11 is 1.87. The summed E-state index contributed by atoms with van der Waals surface area (Å²) in [5.41, 5.74) is 14.4. The average molecular weight is 796 g/mol. The van der Waals surface area contributed by atoms with Crippen molar-refractivity contribution < 1.29 is 4.42 Å². The molecule has 0 aliphatic heterocycles. The molecule has 0 saturated heterocycles. The van der Waals surface area contributed by atoms with Crippen molar-refractivity contribution in [1.29, 1.82) is 0 Å². The van der Waals surface area contributed by atoms with Gasteiger partial charge in [0.05, 0.1) is 5.69 Å². The number of furan rings is 1. The highest BCUT2D eigenvalue weighted by atomic mass is 32.1. The van der Waals surface area contributed by atoms with E-state index in [0.29, 0.717) is 0 Å². The van der Waals surface area contributed by atoms with Gasteiger partial charge in [-0.05, 0) is 87.1 Å². The Labute approximate surface area is 357 Å². The van der Waals surface area contributed by atoms with Crippen molar-refractivity contribution >= 4 is 81.3 Å². The molecule has 0 radical (unpaired) electrons. The summed E-state index contributed by atoms with van der Waals surface area (Å²) in [6.07, 6.45) is 0. The number of benzene rings is 10. The summed E-state index contributed by atoms with van der Waals surface area (Å²) in [7, 11) is 0. The molecule has 0 aliphatic carbocycles. The number of thiophene rings is 1. The Morgan fingerprint density at radius 2 is 0.951 bits per heavy atom. The van der Waals surface area contributed by atoms with Gasteiger partial charge in [0.15, 0.2) is 0 Å². The lowest BCUT2D eigenvalue weighted by molar-refractivity contribution is 0.670. The number of hydrogen-bond donors (Lipinski definition) is 0. The van der Waals surface area contributed by atoms with E-state index in [1.165, 1.54) is 58.8 Å². The number of hydrogen-bond acceptors (Lipinski definition) is 3. The maximum absolute atomic E-state index is 6.48. The molecule has 0 amide bonds. The summed E-state index contributed by atoms with van der Waals surface area (Å²) in [6.45, 7) is 0. The summed E-state index contributed by atoms with van der Waals surface area (Å²) in [6, 6.07) is 81.2. The molecule has 2 heterocycles. The van der Waals surface area contributed by atoms with E-state index in [4.69, 9.17) is 4.42 Å². The molecule has 10 aromatic carbocycles. The topological polar surface area (TPSA) is 16.4 Å². The third kappa shape index (κ3) is 6.01. The quantitative estimate of drug-likeness (QED) is 0.160. The second-order valence-electron chi connectivity index (χ2n) is 15.6. The van der Waals surface area contributed by atoms with Gasteiger partial charge in [-0.3, -0.25) is 0 Å². The van der Waals surface area contributed by atoms with E-state index in [0.717, 1.165) is 55.7 Å². The molecule has 0 bridgehead atoms. The molecule has 0 spiro atoms. The lowest BCUT2D eigenvalue weighted by Gasteiger charge is -2.29. The van der Waals surface area contributed by atoms with Gasteiger partial charge in [-0.1, -0.05) is 176 Å². The Morgan fingerprint density at radius 3 is 1.80 bits per heavy atom. The van der Waals surface area contributed by atoms with Crippen LogP contribution in [0.1, 0.15) is 0 Å². The van der Waals surface area contributed by atoms with E-state index in [2.05, 4.69) is 217 Å². The Balaban J connectivity index is 1.03. The molecule has 0 atom stereocenters. The van der Waals surface area contributed by atoms with E-state index < -0.39 is 0 Å². The molecule has 0 fully saturated rings. The fourth-order valence-electron chi connectivity index (χ4n) is 9.20. The first-order valence-corrected chi connectivity index (χ1v) is 21.6. The van der Waals surface area contributed by atoms with E-state index in [1.807, 2.05) is 23.5 Å². The van der Waals surface area contributed by atoms with E-state index in [1.54, 1.807) is 0 Å². The molecule has 2 aromatic heterocycles. The van der Waals surface area contributed by atoms with Crippen LogP contribution in [0.2, 0.25) is 0 Å². The van der Waals surface area contributed by atoms with Gasteiger partial charge in [0, 0.05) is 59.0 Å². The Hall–Kier alpha value is -7.72. The fourth-order valence-corrected chi connectivity index (χ4v) is 10.4. The first kappa shape index (κ1) is 35.2. The molecule has 0 unspecified atom stereocenters. The molecule has 61 heavy (non-hydrogen) atoms. The highest BCUT2D eigenvalue weighted by molar-refractivity contribution is 7.26. The molecule has 12 aromatic rings. The van der Waals surface area contributed by atoms with Crippen LogP contribution in [0.3, 0.4) is 0 Å². The largest absolute Gasteiger partial charge is 0.455 e. The summed E-state index contributed by atoms with van der Waals surface area (Å²) in [5, 5.41) is 7.33. The Kier molecular flexibility index (Phi) is 8.39. The number of rotatable bonds is 7. The highest BCUT2D eigenvalue weighted by Gasteiger charge is 2.21. The van der Waals surface area contributed by atoms with Gasteiger partial charge in [0.25, 0.3) is 0 Å². The van der Waals surface area contributed by atoms with Gasteiger partial charge >= 0.3 is 0 Å². The van der Waals surface area contributed by atoms with Crippen LogP contribution in [-0.2, 0) is 0 Å². The number of fused-ring (bicyclic) bond motifs is 7. The van der Waals surface area contributed by atoms with Crippen LogP contribution in [-0.4, -0.2) is 0 Å². The van der Waals surface area contributed by atoms with Gasteiger partial charge in [-0.2, -0.15) is 0 Å². The second-order valence-corrected chi connectivity index (χ2v) is 16.7. The number of anilines is 3. The van der Waals surface area contributed by atoms with Crippen molar-refractivity contribution in [3.05, 3.63) is 224 Å². The zero-order valence-corrected chi connectivity index (χ0v) is 33.9. The smallest absolute Gasteiger partial charge is 0.143 e. The number of nitrogens with zero attached hydrogens (tertiary/aromatic N) is 1. The van der Waals surface area contributed by atoms with E-state index >= 15 is 0 Å². The maximum Gasteiger partial charge on any atom is 0.143 e. The Bertz CT molecular complexity index is 3610. The molecular formula is C58H37NOS. The van der Waals surface area contributed by atoms with Crippen molar-refractivity contribution in [3.63, 3.8) is 0 Å². The standard InChI is InChI=1S/C58H37NOS/c1-2-15-40-36-42(31-30-38(40)14-1)46-19-4-3-18-45(46)41-16-11-17-44(37-41)59(43-34-32-39(33-35-43)47-23-12-24-51-49-21-6-9-28-55(49)60-57(47)51)54-27-8-5-20-48(54)52-25-13-26-53-50-22-7-10-29-56(50)61-58(52)53/h1-37H.